The third kappa shape index (κ3) is 4.80. The minimum Gasteiger partial charge on any atom is -0.448 e. The Morgan fingerprint density at radius 2 is 1.74 bits per heavy atom. The number of fused-ring (bicyclic) bond motifs is 1. The van der Waals surface area contributed by atoms with Crippen LogP contribution in [0.25, 0.3) is 0 Å². The Bertz CT molecular complexity index is 1290. The van der Waals surface area contributed by atoms with Crippen LogP contribution < -0.4 is 11.4 Å². The van der Waals surface area contributed by atoms with E-state index in [0.29, 0.717) is 16.4 Å². The third-order valence-electron chi connectivity index (χ3n) is 5.80. The summed E-state index contributed by atoms with van der Waals surface area (Å²) in [4.78, 5) is 40.1. The molecule has 2 atom stereocenters. The number of β-lactam (4-membered cyclic amide) rings is 1. The van der Waals surface area contributed by atoms with Crippen LogP contribution in [0.4, 0.5) is 0 Å². The highest BCUT2D eigenvalue weighted by Crippen LogP contribution is 2.42. The predicted octanol–water partition coefficient (Wildman–Crippen LogP) is 3.56. The second-order valence-electron chi connectivity index (χ2n) is 8.07. The maximum atomic E-state index is 13.7. The number of hydrogen-bond acceptors (Lipinski definition) is 8. The van der Waals surface area contributed by atoms with Crippen molar-refractivity contribution >= 4 is 35.4 Å². The van der Waals surface area contributed by atoms with E-state index in [2.05, 4.69) is 0 Å². The monoisotopic (exact) mass is 506 g/mol. The molecule has 3 aromatic rings. The van der Waals surface area contributed by atoms with E-state index >= 15 is 0 Å². The molecule has 0 bridgehead atoms. The van der Waals surface area contributed by atoms with Gasteiger partial charge in [-0.2, -0.15) is 0 Å². The summed E-state index contributed by atoms with van der Waals surface area (Å²) in [6.07, 6.45) is 0.700. The lowest BCUT2D eigenvalue weighted by Crippen LogP contribution is -2.68. The van der Waals surface area contributed by atoms with Crippen molar-refractivity contribution in [1.29, 1.82) is 0 Å². The SMILES string of the molecule is N[C@@H]1C(=O)N2C(C(=O)OC(c3ccccc3)c3ccccc3)=C(CSc3ccoc(=O)c3)CS[C@@H]12. The van der Waals surface area contributed by atoms with Crippen LogP contribution in [0.1, 0.15) is 17.2 Å². The average molecular weight is 507 g/mol. The summed E-state index contributed by atoms with van der Waals surface area (Å²) in [5.74, 6) is 0.0699. The quantitative estimate of drug-likeness (QED) is 0.295. The Morgan fingerprint density at radius 1 is 1.09 bits per heavy atom. The fourth-order valence-corrected chi connectivity index (χ4v) is 6.39. The largest absolute Gasteiger partial charge is 0.448 e. The van der Waals surface area contributed by atoms with Crippen LogP contribution in [-0.4, -0.2) is 39.7 Å². The van der Waals surface area contributed by atoms with Crippen molar-refractivity contribution in [2.45, 2.75) is 22.4 Å². The van der Waals surface area contributed by atoms with Crippen molar-refractivity contribution in [3.8, 4) is 0 Å². The maximum Gasteiger partial charge on any atom is 0.356 e. The summed E-state index contributed by atoms with van der Waals surface area (Å²) >= 11 is 2.92. The van der Waals surface area contributed by atoms with E-state index in [9.17, 15) is 14.4 Å². The number of esters is 1. The first-order valence-electron chi connectivity index (χ1n) is 11.0. The van der Waals surface area contributed by atoms with Crippen molar-refractivity contribution in [1.82, 2.24) is 4.90 Å². The van der Waals surface area contributed by atoms with Gasteiger partial charge in [0, 0.05) is 22.5 Å². The van der Waals surface area contributed by atoms with E-state index in [1.54, 1.807) is 6.07 Å². The number of carbonyl (C=O) groups is 2. The topological polar surface area (TPSA) is 103 Å². The van der Waals surface area contributed by atoms with E-state index in [-0.39, 0.29) is 17.0 Å². The van der Waals surface area contributed by atoms with Crippen molar-refractivity contribution in [3.05, 3.63) is 112 Å². The van der Waals surface area contributed by atoms with Crippen LogP contribution in [0, 0.1) is 0 Å². The van der Waals surface area contributed by atoms with Crippen LogP contribution in [0.2, 0.25) is 0 Å². The summed E-state index contributed by atoms with van der Waals surface area (Å²) in [5.41, 5.74) is 8.22. The van der Waals surface area contributed by atoms with Gasteiger partial charge in [-0.15, -0.1) is 23.5 Å². The molecule has 1 saturated heterocycles. The van der Waals surface area contributed by atoms with Gasteiger partial charge in [-0.25, -0.2) is 9.59 Å². The van der Waals surface area contributed by atoms with Gasteiger partial charge < -0.3 is 14.9 Å². The first-order valence-corrected chi connectivity index (χ1v) is 13.0. The van der Waals surface area contributed by atoms with Gasteiger partial charge in [0.25, 0.3) is 0 Å². The number of thioether (sulfide) groups is 2. The smallest absolute Gasteiger partial charge is 0.356 e. The molecule has 2 N–H and O–H groups in total. The van der Waals surface area contributed by atoms with Gasteiger partial charge in [0.1, 0.15) is 17.1 Å². The predicted molar refractivity (Wildman–Crippen MR) is 135 cm³/mol. The molecule has 0 spiro atoms. The van der Waals surface area contributed by atoms with E-state index in [1.165, 1.54) is 40.8 Å². The van der Waals surface area contributed by atoms with E-state index in [4.69, 9.17) is 14.9 Å². The zero-order valence-corrected chi connectivity index (χ0v) is 20.2. The molecule has 0 radical (unpaired) electrons. The number of nitrogens with zero attached hydrogens (tertiary/aromatic N) is 1. The van der Waals surface area contributed by atoms with Crippen LogP contribution in [0.3, 0.4) is 0 Å². The fourth-order valence-electron chi connectivity index (χ4n) is 4.05. The van der Waals surface area contributed by atoms with Crippen molar-refractivity contribution in [2.75, 3.05) is 11.5 Å². The molecule has 1 amide bonds. The van der Waals surface area contributed by atoms with Gasteiger partial charge in [0.2, 0.25) is 5.91 Å². The van der Waals surface area contributed by atoms with Crippen molar-refractivity contribution in [3.63, 3.8) is 0 Å². The van der Waals surface area contributed by atoms with Crippen LogP contribution >= 0.6 is 23.5 Å². The fraction of sp³-hybridized carbons (Fsp3) is 0.192. The van der Waals surface area contributed by atoms with Crippen LogP contribution in [0.15, 0.2) is 104 Å². The molecule has 2 aromatic carbocycles. The minimum absolute atomic E-state index is 0.243. The van der Waals surface area contributed by atoms with Crippen LogP contribution in [-0.2, 0) is 14.3 Å². The standard InChI is InChI=1S/C26H22N2O5S2/c27-21-24(30)28-22(18(15-35-25(21)28)14-34-19-11-12-32-20(29)13-19)26(31)33-23(16-7-3-1-4-8-16)17-9-5-2-6-10-17/h1-13,21,23,25H,14-15,27H2/t21-,25+/m1/s1. The van der Waals surface area contributed by atoms with E-state index < -0.39 is 23.7 Å². The minimum atomic E-state index is -0.644. The first-order chi connectivity index (χ1) is 17.0. The molecule has 0 aliphatic carbocycles. The first kappa shape index (κ1) is 23.5. The van der Waals surface area contributed by atoms with E-state index in [1.807, 2.05) is 60.7 Å². The zero-order valence-electron chi connectivity index (χ0n) is 18.5. The molecule has 5 rings (SSSR count). The molecule has 0 saturated carbocycles. The second-order valence-corrected chi connectivity index (χ2v) is 10.2. The number of ether oxygens (including phenoxy) is 1. The number of benzene rings is 2. The molecular weight excluding hydrogens is 484 g/mol. The Labute approximate surface area is 210 Å². The average Bonchev–Trinajstić information content (AvgIpc) is 2.90. The lowest BCUT2D eigenvalue weighted by molar-refractivity contribution is -0.153. The van der Waals surface area contributed by atoms with E-state index in [0.717, 1.165) is 16.7 Å². The summed E-state index contributed by atoms with van der Waals surface area (Å²) in [6.45, 7) is 0. The van der Waals surface area contributed by atoms with Crippen LogP contribution in [0.5, 0.6) is 0 Å². The number of nitrogens with two attached hydrogens (primary N) is 1. The van der Waals surface area contributed by atoms with Gasteiger partial charge in [-0.3, -0.25) is 9.69 Å². The van der Waals surface area contributed by atoms with Crippen molar-refractivity contribution < 1.29 is 18.7 Å². The van der Waals surface area contributed by atoms with Gasteiger partial charge in [0.05, 0.1) is 6.26 Å². The number of rotatable bonds is 7. The summed E-state index contributed by atoms with van der Waals surface area (Å²) < 4.78 is 10.9. The highest BCUT2D eigenvalue weighted by molar-refractivity contribution is 8.01. The molecule has 2 aliphatic rings. The third-order valence-corrected chi connectivity index (χ3v) is 8.24. The second kappa shape index (κ2) is 10.2. The molecule has 35 heavy (non-hydrogen) atoms. The van der Waals surface area contributed by atoms with Crippen molar-refractivity contribution in [2.24, 2.45) is 5.73 Å². The summed E-state index contributed by atoms with van der Waals surface area (Å²) in [6, 6.07) is 21.4. The molecule has 7 nitrogen and oxygen atoms in total. The molecule has 9 heteroatoms. The van der Waals surface area contributed by atoms with Gasteiger partial charge in [-0.1, -0.05) is 60.7 Å². The highest BCUT2D eigenvalue weighted by Gasteiger charge is 2.52. The molecule has 2 aliphatic heterocycles. The number of amides is 1. The molecule has 1 aromatic heterocycles. The molecular formula is C26H22N2O5S2. The Hall–Kier alpha value is -3.27. The molecule has 1 fully saturated rings. The molecule has 178 valence electrons. The number of hydrogen-bond donors (Lipinski definition) is 1. The summed E-state index contributed by atoms with van der Waals surface area (Å²) in [7, 11) is 0. The normalized spacial score (nSPS) is 19.4. The number of carbonyl (C=O) groups excluding carboxylic acids is 2. The Morgan fingerprint density at radius 3 is 2.37 bits per heavy atom. The van der Waals surface area contributed by atoms with Gasteiger partial charge in [0.15, 0.2) is 6.10 Å². The Kier molecular flexibility index (Phi) is 6.81. The Balaban J connectivity index is 1.47. The lowest BCUT2D eigenvalue weighted by Gasteiger charge is -2.48. The lowest BCUT2D eigenvalue weighted by atomic mass is 10.0. The van der Waals surface area contributed by atoms with Gasteiger partial charge >= 0.3 is 11.6 Å². The zero-order chi connectivity index (χ0) is 24.4. The van der Waals surface area contributed by atoms with Gasteiger partial charge in [-0.05, 0) is 22.8 Å². The molecule has 0 unspecified atom stereocenters. The molecule has 3 heterocycles. The highest BCUT2D eigenvalue weighted by atomic mass is 32.2. The summed E-state index contributed by atoms with van der Waals surface area (Å²) in [5, 5.41) is -0.297. The maximum absolute atomic E-state index is 13.7.